The highest BCUT2D eigenvalue weighted by molar-refractivity contribution is 6.06. The van der Waals surface area contributed by atoms with Gasteiger partial charge in [0.1, 0.15) is 5.56 Å². The van der Waals surface area contributed by atoms with Crippen molar-refractivity contribution in [2.45, 2.75) is 6.92 Å². The summed E-state index contributed by atoms with van der Waals surface area (Å²) < 4.78 is 7.38. The Morgan fingerprint density at radius 2 is 2.10 bits per heavy atom. The van der Waals surface area contributed by atoms with Crippen LogP contribution in [-0.2, 0) is 7.05 Å². The number of aromatic nitrogens is 4. The molecule has 10 heteroatoms. The summed E-state index contributed by atoms with van der Waals surface area (Å²) in [6.07, 6.45) is 3.44. The van der Waals surface area contributed by atoms with Crippen molar-refractivity contribution in [2.24, 2.45) is 7.05 Å². The number of rotatable bonds is 5. The second-order valence-corrected chi connectivity index (χ2v) is 6.59. The largest absolute Gasteiger partial charge is 0.477 e. The third kappa shape index (κ3) is 4.57. The minimum absolute atomic E-state index is 0. The zero-order valence-electron chi connectivity index (χ0n) is 16.4. The third-order valence-electron chi connectivity index (χ3n) is 4.54. The molecule has 9 nitrogen and oxygen atoms in total. The summed E-state index contributed by atoms with van der Waals surface area (Å²) in [7, 11) is 1.86. The quantitative estimate of drug-likeness (QED) is 0.653. The predicted molar refractivity (Wildman–Crippen MR) is 114 cm³/mol. The lowest BCUT2D eigenvalue weighted by Gasteiger charge is -2.27. The maximum atomic E-state index is 12.8. The number of hydrogen-bond acceptors (Lipinski definition) is 7. The first-order valence-corrected chi connectivity index (χ1v) is 9.34. The van der Waals surface area contributed by atoms with Gasteiger partial charge in [0.2, 0.25) is 11.8 Å². The number of amides is 1. The molecule has 3 aromatic rings. The van der Waals surface area contributed by atoms with E-state index in [2.05, 4.69) is 30.6 Å². The number of anilines is 2. The molecule has 2 aromatic heterocycles. The number of hydrogen-bond donors (Lipinski definition) is 2. The standard InChI is InChI=1S/C19H23N7O2.ClH/c1-3-28-18-15(11-21-19(23-18)26-8-6-20-7-9-26)17(27)22-14-4-5-16-13(10-14)12-25(2)24-16;/h4-5,10-12,20H,3,6-9H2,1-2H3,(H,22,27);1H. The number of fused-ring (bicyclic) bond motifs is 1. The van der Waals surface area contributed by atoms with Crippen LogP contribution in [-0.4, -0.2) is 58.4 Å². The Morgan fingerprint density at radius 1 is 1.31 bits per heavy atom. The number of carbonyl (C=O) groups excluding carboxylic acids is 1. The molecule has 1 amide bonds. The lowest BCUT2D eigenvalue weighted by Crippen LogP contribution is -2.44. The zero-order valence-corrected chi connectivity index (χ0v) is 17.2. The van der Waals surface area contributed by atoms with Crippen molar-refractivity contribution in [3.63, 3.8) is 0 Å². The van der Waals surface area contributed by atoms with Crippen LogP contribution in [0.5, 0.6) is 5.88 Å². The molecule has 0 bridgehead atoms. The SMILES string of the molecule is CCOc1nc(N2CCNCC2)ncc1C(=O)Nc1ccc2nn(C)cc2c1.Cl. The van der Waals surface area contributed by atoms with Gasteiger partial charge in [0.05, 0.1) is 12.1 Å². The van der Waals surface area contributed by atoms with Gasteiger partial charge in [0, 0.05) is 56.7 Å². The van der Waals surface area contributed by atoms with Crippen LogP contribution in [0.2, 0.25) is 0 Å². The number of piperazine rings is 1. The van der Waals surface area contributed by atoms with Gasteiger partial charge < -0.3 is 20.3 Å². The van der Waals surface area contributed by atoms with E-state index >= 15 is 0 Å². The van der Waals surface area contributed by atoms with E-state index in [9.17, 15) is 4.79 Å². The van der Waals surface area contributed by atoms with Crippen LogP contribution in [0.1, 0.15) is 17.3 Å². The average Bonchev–Trinajstić information content (AvgIpc) is 3.08. The van der Waals surface area contributed by atoms with E-state index in [1.807, 2.05) is 38.4 Å². The molecule has 0 saturated carbocycles. The summed E-state index contributed by atoms with van der Waals surface area (Å²) >= 11 is 0. The Balaban J connectivity index is 0.00000240. The van der Waals surface area contributed by atoms with Crippen molar-refractivity contribution in [1.29, 1.82) is 0 Å². The molecular weight excluding hydrogens is 394 g/mol. The molecule has 29 heavy (non-hydrogen) atoms. The van der Waals surface area contributed by atoms with E-state index in [1.54, 1.807) is 4.68 Å². The minimum atomic E-state index is -0.307. The molecule has 1 fully saturated rings. The molecule has 3 heterocycles. The fourth-order valence-electron chi connectivity index (χ4n) is 3.20. The van der Waals surface area contributed by atoms with Gasteiger partial charge in [-0.3, -0.25) is 9.48 Å². The number of carbonyl (C=O) groups is 1. The lowest BCUT2D eigenvalue weighted by atomic mass is 10.2. The predicted octanol–water partition coefficient (Wildman–Crippen LogP) is 1.85. The van der Waals surface area contributed by atoms with Crippen LogP contribution in [0, 0.1) is 0 Å². The molecule has 2 N–H and O–H groups in total. The molecule has 0 atom stereocenters. The molecule has 0 unspecified atom stereocenters. The summed E-state index contributed by atoms with van der Waals surface area (Å²) in [6, 6.07) is 5.58. The van der Waals surface area contributed by atoms with Crippen molar-refractivity contribution < 1.29 is 9.53 Å². The van der Waals surface area contributed by atoms with Gasteiger partial charge in [-0.1, -0.05) is 0 Å². The van der Waals surface area contributed by atoms with Gasteiger partial charge in [-0.15, -0.1) is 12.4 Å². The number of nitrogens with one attached hydrogen (secondary N) is 2. The molecule has 1 aliphatic heterocycles. The molecular formula is C19H24ClN7O2. The first kappa shape index (κ1) is 20.8. The number of halogens is 1. The highest BCUT2D eigenvalue weighted by Gasteiger charge is 2.20. The monoisotopic (exact) mass is 417 g/mol. The van der Waals surface area contributed by atoms with Crippen molar-refractivity contribution in [1.82, 2.24) is 25.1 Å². The molecule has 0 aliphatic carbocycles. The Bertz CT molecular complexity index is 1000. The van der Waals surface area contributed by atoms with E-state index in [0.717, 1.165) is 37.1 Å². The van der Waals surface area contributed by atoms with E-state index in [4.69, 9.17) is 4.74 Å². The first-order valence-electron chi connectivity index (χ1n) is 9.34. The number of nitrogens with zero attached hydrogens (tertiary/aromatic N) is 5. The molecule has 154 valence electrons. The van der Waals surface area contributed by atoms with Crippen LogP contribution < -0.4 is 20.3 Å². The van der Waals surface area contributed by atoms with Crippen LogP contribution in [0.4, 0.5) is 11.6 Å². The topological polar surface area (TPSA) is 97.2 Å². The zero-order chi connectivity index (χ0) is 19.5. The van der Waals surface area contributed by atoms with Gasteiger partial charge in [-0.25, -0.2) is 4.98 Å². The van der Waals surface area contributed by atoms with Crippen LogP contribution in [0.25, 0.3) is 10.9 Å². The summed E-state index contributed by atoms with van der Waals surface area (Å²) in [5.74, 6) is 0.572. The van der Waals surface area contributed by atoms with Crippen LogP contribution in [0.15, 0.2) is 30.6 Å². The van der Waals surface area contributed by atoms with Gasteiger partial charge >= 0.3 is 0 Å². The number of benzene rings is 1. The molecule has 0 spiro atoms. The highest BCUT2D eigenvalue weighted by Crippen LogP contribution is 2.22. The molecule has 1 aromatic carbocycles. The Hall–Kier alpha value is -2.91. The molecule has 1 aliphatic rings. The van der Waals surface area contributed by atoms with Crippen LogP contribution in [0.3, 0.4) is 0 Å². The third-order valence-corrected chi connectivity index (χ3v) is 4.54. The van der Waals surface area contributed by atoms with E-state index in [-0.39, 0.29) is 18.3 Å². The van der Waals surface area contributed by atoms with Gasteiger partial charge in [0.25, 0.3) is 5.91 Å². The van der Waals surface area contributed by atoms with Crippen molar-refractivity contribution >= 4 is 40.9 Å². The summed E-state index contributed by atoms with van der Waals surface area (Å²) in [5, 5.41) is 11.5. The molecule has 4 rings (SSSR count). The summed E-state index contributed by atoms with van der Waals surface area (Å²) in [5.41, 5.74) is 1.87. The minimum Gasteiger partial charge on any atom is -0.477 e. The Kier molecular flexibility index (Phi) is 6.50. The fraction of sp³-hybridized carbons (Fsp3) is 0.368. The van der Waals surface area contributed by atoms with Crippen LogP contribution >= 0.6 is 12.4 Å². The van der Waals surface area contributed by atoms with Gasteiger partial charge in [0.15, 0.2) is 0 Å². The van der Waals surface area contributed by atoms with Crippen molar-refractivity contribution in [3.05, 3.63) is 36.2 Å². The normalized spacial score (nSPS) is 13.8. The number of ether oxygens (including phenoxy) is 1. The Labute approximate surface area is 174 Å². The Morgan fingerprint density at radius 3 is 2.86 bits per heavy atom. The number of aryl methyl sites for hydroxylation is 1. The summed E-state index contributed by atoms with van der Waals surface area (Å²) in [4.78, 5) is 23.8. The highest BCUT2D eigenvalue weighted by atomic mass is 35.5. The molecule has 1 saturated heterocycles. The maximum absolute atomic E-state index is 12.8. The van der Waals surface area contributed by atoms with Crippen molar-refractivity contribution in [2.75, 3.05) is 43.0 Å². The average molecular weight is 418 g/mol. The maximum Gasteiger partial charge on any atom is 0.262 e. The van der Waals surface area contributed by atoms with E-state index in [1.165, 1.54) is 6.20 Å². The molecule has 0 radical (unpaired) electrons. The second kappa shape index (κ2) is 9.06. The summed E-state index contributed by atoms with van der Waals surface area (Å²) in [6.45, 7) is 5.69. The van der Waals surface area contributed by atoms with Gasteiger partial charge in [-0.05, 0) is 25.1 Å². The van der Waals surface area contributed by atoms with Gasteiger partial charge in [-0.2, -0.15) is 10.1 Å². The van der Waals surface area contributed by atoms with E-state index < -0.39 is 0 Å². The van der Waals surface area contributed by atoms with Crippen molar-refractivity contribution in [3.8, 4) is 5.88 Å². The first-order chi connectivity index (χ1) is 13.6. The van der Waals surface area contributed by atoms with E-state index in [0.29, 0.717) is 29.7 Å². The lowest BCUT2D eigenvalue weighted by molar-refractivity contribution is 0.102. The second-order valence-electron chi connectivity index (χ2n) is 6.59. The fourth-order valence-corrected chi connectivity index (χ4v) is 3.20. The smallest absolute Gasteiger partial charge is 0.262 e.